The molecule has 1 heterocycles. The quantitative estimate of drug-likeness (QED) is 0.566. The maximum atomic E-state index is 6.16. The third-order valence-electron chi connectivity index (χ3n) is 5.64. The molecule has 106 valence electrons. The van der Waals surface area contributed by atoms with Crippen LogP contribution in [0.3, 0.4) is 0 Å². The Bertz CT molecular complexity index is 238. The van der Waals surface area contributed by atoms with Gasteiger partial charge in [-0.2, -0.15) is 0 Å². The van der Waals surface area contributed by atoms with Gasteiger partial charge in [0.25, 0.3) is 0 Å². The largest absolute Gasteiger partial charge is 0.378 e. The monoisotopic (exact) mass is 252 g/mol. The SMILES string of the molecule is CC1CCCCCCCCCC2OCCCC12C. The Morgan fingerprint density at radius 2 is 1.44 bits per heavy atom. The molecule has 1 saturated heterocycles. The number of hydrogen-bond acceptors (Lipinski definition) is 1. The first-order valence-corrected chi connectivity index (χ1v) is 8.35. The van der Waals surface area contributed by atoms with Gasteiger partial charge in [0.05, 0.1) is 6.10 Å². The lowest BCUT2D eigenvalue weighted by Gasteiger charge is -2.46. The molecule has 18 heavy (non-hydrogen) atoms. The molecule has 0 spiro atoms. The minimum atomic E-state index is 0.456. The van der Waals surface area contributed by atoms with Crippen molar-refractivity contribution in [3.8, 4) is 0 Å². The van der Waals surface area contributed by atoms with Crippen LogP contribution in [0.1, 0.15) is 84.5 Å². The van der Waals surface area contributed by atoms with Crippen molar-refractivity contribution in [3.63, 3.8) is 0 Å². The molecule has 0 aromatic carbocycles. The highest BCUT2D eigenvalue weighted by molar-refractivity contribution is 4.90. The normalized spacial score (nSPS) is 40.3. The smallest absolute Gasteiger partial charge is 0.0631 e. The molecule has 2 rings (SSSR count). The molecule has 0 N–H and O–H groups in total. The zero-order valence-electron chi connectivity index (χ0n) is 12.5. The standard InChI is InChI=1S/C17H32O/c1-15-11-8-6-4-3-5-7-9-12-16-17(15,2)13-10-14-18-16/h15-16H,3-14H2,1-2H3. The molecular formula is C17H32O. The minimum Gasteiger partial charge on any atom is -0.378 e. The van der Waals surface area contributed by atoms with Gasteiger partial charge in [-0.25, -0.2) is 0 Å². The van der Waals surface area contributed by atoms with E-state index in [-0.39, 0.29) is 0 Å². The summed E-state index contributed by atoms with van der Waals surface area (Å²) in [4.78, 5) is 0. The fraction of sp³-hybridized carbons (Fsp3) is 1.00. The molecule has 1 aliphatic heterocycles. The van der Waals surface area contributed by atoms with Gasteiger partial charge in [0.15, 0.2) is 0 Å². The van der Waals surface area contributed by atoms with E-state index in [1.54, 1.807) is 0 Å². The van der Waals surface area contributed by atoms with Crippen molar-refractivity contribution in [2.24, 2.45) is 11.3 Å². The lowest BCUT2D eigenvalue weighted by Crippen LogP contribution is -2.43. The number of fused-ring (bicyclic) bond motifs is 1. The zero-order chi connectivity index (χ0) is 12.8. The average Bonchev–Trinajstić information content (AvgIpc) is 2.37. The van der Waals surface area contributed by atoms with E-state index in [1.165, 1.54) is 70.6 Å². The van der Waals surface area contributed by atoms with Crippen LogP contribution in [0.4, 0.5) is 0 Å². The third-order valence-corrected chi connectivity index (χ3v) is 5.64. The van der Waals surface area contributed by atoms with Crippen molar-refractivity contribution < 1.29 is 4.74 Å². The Balaban J connectivity index is 2.00. The van der Waals surface area contributed by atoms with Crippen molar-refractivity contribution in [2.45, 2.75) is 90.6 Å². The average molecular weight is 252 g/mol. The molecule has 1 saturated carbocycles. The molecule has 2 fully saturated rings. The first kappa shape index (κ1) is 14.4. The summed E-state index contributed by atoms with van der Waals surface area (Å²) in [5.41, 5.74) is 0.456. The van der Waals surface area contributed by atoms with Crippen molar-refractivity contribution in [1.29, 1.82) is 0 Å². The van der Waals surface area contributed by atoms with Crippen LogP contribution in [0.25, 0.3) is 0 Å². The van der Waals surface area contributed by atoms with Crippen LogP contribution in [-0.2, 0) is 4.74 Å². The van der Waals surface area contributed by atoms with Crippen LogP contribution in [0.2, 0.25) is 0 Å². The van der Waals surface area contributed by atoms with Crippen LogP contribution in [0.15, 0.2) is 0 Å². The van der Waals surface area contributed by atoms with E-state index in [2.05, 4.69) is 13.8 Å². The maximum absolute atomic E-state index is 6.16. The summed E-state index contributed by atoms with van der Waals surface area (Å²) in [6.45, 7) is 5.99. The van der Waals surface area contributed by atoms with Gasteiger partial charge in [0.1, 0.15) is 0 Å². The molecule has 0 amide bonds. The van der Waals surface area contributed by atoms with E-state index in [0.29, 0.717) is 11.5 Å². The number of rotatable bonds is 0. The van der Waals surface area contributed by atoms with Gasteiger partial charge in [-0.3, -0.25) is 0 Å². The van der Waals surface area contributed by atoms with Crippen molar-refractivity contribution in [3.05, 3.63) is 0 Å². The predicted molar refractivity (Wildman–Crippen MR) is 77.8 cm³/mol. The molecule has 0 aromatic heterocycles. The molecule has 3 unspecified atom stereocenters. The molecule has 1 heteroatoms. The molecule has 3 atom stereocenters. The summed E-state index contributed by atoms with van der Waals surface area (Å²) in [6.07, 6.45) is 16.0. The van der Waals surface area contributed by atoms with Gasteiger partial charge in [0.2, 0.25) is 0 Å². The molecule has 0 radical (unpaired) electrons. The second-order valence-corrected chi connectivity index (χ2v) is 6.92. The van der Waals surface area contributed by atoms with Crippen LogP contribution < -0.4 is 0 Å². The summed E-state index contributed by atoms with van der Waals surface area (Å²) in [5.74, 6) is 0.835. The Kier molecular flexibility index (Phi) is 5.54. The minimum absolute atomic E-state index is 0.456. The van der Waals surface area contributed by atoms with E-state index in [0.717, 1.165) is 12.5 Å². The van der Waals surface area contributed by atoms with Gasteiger partial charge in [-0.1, -0.05) is 65.2 Å². The maximum Gasteiger partial charge on any atom is 0.0631 e. The molecule has 2 aliphatic rings. The highest BCUT2D eigenvalue weighted by Gasteiger charge is 2.41. The van der Waals surface area contributed by atoms with E-state index in [4.69, 9.17) is 4.74 Å². The van der Waals surface area contributed by atoms with Gasteiger partial charge in [0, 0.05) is 6.61 Å². The Hall–Kier alpha value is -0.0400. The molecular weight excluding hydrogens is 220 g/mol. The first-order valence-electron chi connectivity index (χ1n) is 8.35. The number of hydrogen-bond donors (Lipinski definition) is 0. The Labute approximate surface area is 114 Å². The van der Waals surface area contributed by atoms with Crippen LogP contribution in [0.5, 0.6) is 0 Å². The van der Waals surface area contributed by atoms with Gasteiger partial charge in [-0.15, -0.1) is 0 Å². The topological polar surface area (TPSA) is 9.23 Å². The van der Waals surface area contributed by atoms with Gasteiger partial charge >= 0.3 is 0 Å². The first-order chi connectivity index (χ1) is 8.73. The second kappa shape index (κ2) is 6.93. The van der Waals surface area contributed by atoms with Crippen molar-refractivity contribution in [2.75, 3.05) is 6.61 Å². The molecule has 0 aromatic rings. The number of ether oxygens (including phenoxy) is 1. The highest BCUT2D eigenvalue weighted by atomic mass is 16.5. The summed E-state index contributed by atoms with van der Waals surface area (Å²) < 4.78 is 6.16. The highest BCUT2D eigenvalue weighted by Crippen LogP contribution is 2.44. The van der Waals surface area contributed by atoms with Gasteiger partial charge < -0.3 is 4.74 Å². The summed E-state index contributed by atoms with van der Waals surface area (Å²) in [5, 5.41) is 0. The van der Waals surface area contributed by atoms with Crippen molar-refractivity contribution >= 4 is 0 Å². The van der Waals surface area contributed by atoms with Gasteiger partial charge in [-0.05, 0) is 30.6 Å². The van der Waals surface area contributed by atoms with Crippen LogP contribution >= 0.6 is 0 Å². The zero-order valence-corrected chi connectivity index (χ0v) is 12.5. The fourth-order valence-electron chi connectivity index (χ4n) is 4.00. The van der Waals surface area contributed by atoms with Crippen LogP contribution in [-0.4, -0.2) is 12.7 Å². The van der Waals surface area contributed by atoms with E-state index in [1.807, 2.05) is 0 Å². The molecule has 1 aliphatic carbocycles. The lowest BCUT2D eigenvalue weighted by atomic mass is 9.66. The summed E-state index contributed by atoms with van der Waals surface area (Å²) in [7, 11) is 0. The molecule has 0 bridgehead atoms. The summed E-state index contributed by atoms with van der Waals surface area (Å²) >= 11 is 0. The van der Waals surface area contributed by atoms with E-state index in [9.17, 15) is 0 Å². The van der Waals surface area contributed by atoms with Crippen molar-refractivity contribution in [1.82, 2.24) is 0 Å². The molecule has 1 nitrogen and oxygen atoms in total. The third kappa shape index (κ3) is 3.50. The summed E-state index contributed by atoms with van der Waals surface area (Å²) in [6, 6.07) is 0. The predicted octanol–water partition coefficient (Wildman–Crippen LogP) is 5.33. The van der Waals surface area contributed by atoms with E-state index < -0.39 is 0 Å². The Morgan fingerprint density at radius 1 is 0.833 bits per heavy atom. The van der Waals surface area contributed by atoms with Crippen LogP contribution in [0, 0.1) is 11.3 Å². The second-order valence-electron chi connectivity index (χ2n) is 6.92. The Morgan fingerprint density at radius 3 is 2.17 bits per heavy atom. The van der Waals surface area contributed by atoms with E-state index >= 15 is 0 Å². The fourth-order valence-corrected chi connectivity index (χ4v) is 4.00. The lowest BCUT2D eigenvalue weighted by molar-refractivity contribution is -0.106.